The van der Waals surface area contributed by atoms with E-state index >= 15 is 0 Å². The summed E-state index contributed by atoms with van der Waals surface area (Å²) >= 11 is 0. The molecule has 1 heterocycles. The Morgan fingerprint density at radius 1 is 1.38 bits per heavy atom. The van der Waals surface area contributed by atoms with Gasteiger partial charge < -0.3 is 15.5 Å². The first kappa shape index (κ1) is 10.8. The minimum atomic E-state index is 0.0114. The molecule has 86 valence electrons. The number of likely N-dealkylation sites (tertiary alicyclic amines) is 1. The van der Waals surface area contributed by atoms with Crippen LogP contribution in [0.1, 0.15) is 6.42 Å². The Hall–Kier alpha value is -1.71. The molecule has 4 heteroatoms. The predicted molar refractivity (Wildman–Crippen MR) is 64.5 cm³/mol. The molecule has 1 aliphatic rings. The van der Waals surface area contributed by atoms with Crippen LogP contribution >= 0.6 is 0 Å². The highest BCUT2D eigenvalue weighted by atomic mass is 16.2. The second-order valence-corrected chi connectivity index (χ2v) is 4.00. The lowest BCUT2D eigenvalue weighted by atomic mass is 10.2. The van der Waals surface area contributed by atoms with Crippen LogP contribution in [0.4, 0.5) is 10.5 Å². The zero-order valence-electron chi connectivity index (χ0n) is 9.44. The van der Waals surface area contributed by atoms with Gasteiger partial charge in [0.05, 0.1) is 0 Å². The summed E-state index contributed by atoms with van der Waals surface area (Å²) in [5.74, 6) is 0. The van der Waals surface area contributed by atoms with Crippen molar-refractivity contribution in [2.45, 2.75) is 12.5 Å². The number of carbonyl (C=O) groups is 1. The fraction of sp³-hybridized carbons (Fsp3) is 0.417. The third-order valence-corrected chi connectivity index (χ3v) is 2.83. The Labute approximate surface area is 95.6 Å². The first-order chi connectivity index (χ1) is 7.79. The molecule has 2 N–H and O–H groups in total. The summed E-state index contributed by atoms with van der Waals surface area (Å²) in [5.41, 5.74) is 1.12. The van der Waals surface area contributed by atoms with E-state index in [1.807, 2.05) is 35.2 Å². The van der Waals surface area contributed by atoms with Crippen LogP contribution in [0.15, 0.2) is 30.3 Å². The van der Waals surface area contributed by atoms with Gasteiger partial charge in [-0.25, -0.2) is 4.79 Å². The molecule has 0 spiro atoms. The van der Waals surface area contributed by atoms with Crippen molar-refractivity contribution >= 4 is 11.7 Å². The summed E-state index contributed by atoms with van der Waals surface area (Å²) in [6, 6.07) is 10.5. The van der Waals surface area contributed by atoms with Crippen LogP contribution in [0, 0.1) is 0 Å². The fourth-order valence-electron chi connectivity index (χ4n) is 1.99. The number of hydrogen-bond donors (Lipinski definition) is 2. The van der Waals surface area contributed by atoms with Gasteiger partial charge in [-0.2, -0.15) is 0 Å². The zero-order chi connectivity index (χ0) is 11.4. The molecular weight excluding hydrogens is 202 g/mol. The van der Waals surface area contributed by atoms with Crippen LogP contribution in [-0.4, -0.2) is 37.1 Å². The van der Waals surface area contributed by atoms with Crippen molar-refractivity contribution in [2.24, 2.45) is 0 Å². The molecule has 0 unspecified atom stereocenters. The van der Waals surface area contributed by atoms with E-state index in [2.05, 4.69) is 10.6 Å². The Morgan fingerprint density at radius 3 is 2.81 bits per heavy atom. The van der Waals surface area contributed by atoms with Gasteiger partial charge in [0.25, 0.3) is 0 Å². The molecule has 16 heavy (non-hydrogen) atoms. The molecule has 0 bridgehead atoms. The summed E-state index contributed by atoms with van der Waals surface area (Å²) in [6.45, 7) is 1.60. The summed E-state index contributed by atoms with van der Waals surface area (Å²) in [5, 5.41) is 6.08. The molecule has 0 aromatic heterocycles. The lowest BCUT2D eigenvalue weighted by Crippen LogP contribution is -2.37. The van der Waals surface area contributed by atoms with E-state index < -0.39 is 0 Å². The number of nitrogens with zero attached hydrogens (tertiary/aromatic N) is 1. The molecule has 1 aromatic rings. The van der Waals surface area contributed by atoms with Crippen molar-refractivity contribution in [1.29, 1.82) is 0 Å². The van der Waals surface area contributed by atoms with E-state index in [1.54, 1.807) is 7.05 Å². The molecule has 1 aliphatic heterocycles. The van der Waals surface area contributed by atoms with Crippen LogP contribution in [-0.2, 0) is 0 Å². The number of benzene rings is 1. The number of anilines is 1. The van der Waals surface area contributed by atoms with Crippen molar-refractivity contribution in [2.75, 3.05) is 25.5 Å². The SMILES string of the molecule is CNC(=O)N1CC[C@@H](Nc2ccccc2)C1. The standard InChI is InChI=1S/C12H17N3O/c1-13-12(16)15-8-7-11(9-15)14-10-5-3-2-4-6-10/h2-6,11,14H,7-9H2,1H3,(H,13,16)/t11-/m1/s1. The number of para-hydroxylation sites is 1. The van der Waals surface area contributed by atoms with Gasteiger partial charge in [0, 0.05) is 31.9 Å². The van der Waals surface area contributed by atoms with E-state index in [4.69, 9.17) is 0 Å². The number of rotatable bonds is 2. The van der Waals surface area contributed by atoms with Crippen LogP contribution < -0.4 is 10.6 Å². The van der Waals surface area contributed by atoms with Gasteiger partial charge in [-0.3, -0.25) is 0 Å². The minimum Gasteiger partial charge on any atom is -0.380 e. The van der Waals surface area contributed by atoms with E-state index in [0.29, 0.717) is 6.04 Å². The van der Waals surface area contributed by atoms with E-state index in [1.165, 1.54) is 0 Å². The molecule has 2 amide bonds. The predicted octanol–water partition coefficient (Wildman–Crippen LogP) is 1.51. The Kier molecular flexibility index (Phi) is 3.29. The summed E-state index contributed by atoms with van der Waals surface area (Å²) in [7, 11) is 1.67. The highest BCUT2D eigenvalue weighted by Gasteiger charge is 2.25. The number of carbonyl (C=O) groups excluding carboxylic acids is 1. The molecule has 1 fully saturated rings. The number of urea groups is 1. The van der Waals surface area contributed by atoms with Crippen LogP contribution in [0.2, 0.25) is 0 Å². The average Bonchev–Trinajstić information content (AvgIpc) is 2.78. The van der Waals surface area contributed by atoms with E-state index in [9.17, 15) is 4.79 Å². The highest BCUT2D eigenvalue weighted by molar-refractivity contribution is 5.74. The molecule has 0 aliphatic carbocycles. The first-order valence-electron chi connectivity index (χ1n) is 5.58. The smallest absolute Gasteiger partial charge is 0.317 e. The quantitative estimate of drug-likeness (QED) is 0.792. The van der Waals surface area contributed by atoms with E-state index in [-0.39, 0.29) is 6.03 Å². The zero-order valence-corrected chi connectivity index (χ0v) is 9.44. The first-order valence-corrected chi connectivity index (χ1v) is 5.58. The maximum Gasteiger partial charge on any atom is 0.317 e. The van der Waals surface area contributed by atoms with E-state index in [0.717, 1.165) is 25.2 Å². The molecule has 1 atom stereocenters. The minimum absolute atomic E-state index is 0.0114. The molecule has 0 radical (unpaired) electrons. The number of amides is 2. The lowest BCUT2D eigenvalue weighted by Gasteiger charge is -2.17. The molecule has 0 saturated carbocycles. The maximum atomic E-state index is 11.4. The van der Waals surface area contributed by atoms with Crippen molar-refractivity contribution < 1.29 is 4.79 Å². The van der Waals surface area contributed by atoms with Crippen LogP contribution in [0.5, 0.6) is 0 Å². The van der Waals surface area contributed by atoms with Crippen molar-refractivity contribution in [1.82, 2.24) is 10.2 Å². The maximum absolute atomic E-state index is 11.4. The number of hydrogen-bond acceptors (Lipinski definition) is 2. The van der Waals surface area contributed by atoms with Crippen molar-refractivity contribution in [3.63, 3.8) is 0 Å². The van der Waals surface area contributed by atoms with Gasteiger partial charge in [-0.15, -0.1) is 0 Å². The highest BCUT2D eigenvalue weighted by Crippen LogP contribution is 2.15. The van der Waals surface area contributed by atoms with Gasteiger partial charge in [0.2, 0.25) is 0 Å². The van der Waals surface area contributed by atoms with Crippen LogP contribution in [0.25, 0.3) is 0 Å². The second-order valence-electron chi connectivity index (χ2n) is 4.00. The lowest BCUT2D eigenvalue weighted by molar-refractivity contribution is 0.211. The molecule has 2 rings (SSSR count). The second kappa shape index (κ2) is 4.88. The summed E-state index contributed by atoms with van der Waals surface area (Å²) in [6.07, 6.45) is 1.00. The Balaban J connectivity index is 1.88. The Bertz CT molecular complexity index is 353. The molecule has 1 aromatic carbocycles. The molecule has 4 nitrogen and oxygen atoms in total. The normalized spacial score (nSPS) is 19.6. The monoisotopic (exact) mass is 219 g/mol. The summed E-state index contributed by atoms with van der Waals surface area (Å²) in [4.78, 5) is 13.2. The van der Waals surface area contributed by atoms with Crippen molar-refractivity contribution in [3.8, 4) is 0 Å². The third kappa shape index (κ3) is 2.45. The molecule has 1 saturated heterocycles. The van der Waals surface area contributed by atoms with Gasteiger partial charge in [-0.05, 0) is 18.6 Å². The van der Waals surface area contributed by atoms with Gasteiger partial charge in [0.1, 0.15) is 0 Å². The topological polar surface area (TPSA) is 44.4 Å². The largest absolute Gasteiger partial charge is 0.380 e. The average molecular weight is 219 g/mol. The van der Waals surface area contributed by atoms with Gasteiger partial charge in [0.15, 0.2) is 0 Å². The van der Waals surface area contributed by atoms with Crippen molar-refractivity contribution in [3.05, 3.63) is 30.3 Å². The Morgan fingerprint density at radius 2 is 2.12 bits per heavy atom. The van der Waals surface area contributed by atoms with Gasteiger partial charge >= 0.3 is 6.03 Å². The van der Waals surface area contributed by atoms with Gasteiger partial charge in [-0.1, -0.05) is 18.2 Å². The van der Waals surface area contributed by atoms with Crippen LogP contribution in [0.3, 0.4) is 0 Å². The third-order valence-electron chi connectivity index (χ3n) is 2.83. The summed E-state index contributed by atoms with van der Waals surface area (Å²) < 4.78 is 0. The number of nitrogens with one attached hydrogen (secondary N) is 2. The molecular formula is C12H17N3O. The fourth-order valence-corrected chi connectivity index (χ4v) is 1.99.